The standard InChI is InChI=1S/C13H15ClO2/c14-12-5-3-10(4-6-12)11-2-1-9(7-11)8-13(15)16/h3-6,9,11H,1-2,7-8H2,(H,15,16). The summed E-state index contributed by atoms with van der Waals surface area (Å²) < 4.78 is 0. The first kappa shape index (κ1) is 11.5. The first-order chi connectivity index (χ1) is 7.65. The highest BCUT2D eigenvalue weighted by atomic mass is 35.5. The summed E-state index contributed by atoms with van der Waals surface area (Å²) in [5.74, 6) is 0.182. The first-order valence-corrected chi connectivity index (χ1v) is 6.00. The average molecular weight is 239 g/mol. The lowest BCUT2D eigenvalue weighted by Crippen LogP contribution is -2.04. The summed E-state index contributed by atoms with van der Waals surface area (Å²) in [5, 5.41) is 9.50. The molecule has 2 nitrogen and oxygen atoms in total. The summed E-state index contributed by atoms with van der Waals surface area (Å²) >= 11 is 5.84. The van der Waals surface area contributed by atoms with Gasteiger partial charge in [0.2, 0.25) is 0 Å². The summed E-state index contributed by atoms with van der Waals surface area (Å²) in [6.07, 6.45) is 3.43. The smallest absolute Gasteiger partial charge is 0.303 e. The van der Waals surface area contributed by atoms with Crippen molar-refractivity contribution in [1.82, 2.24) is 0 Å². The molecule has 86 valence electrons. The van der Waals surface area contributed by atoms with Crippen LogP contribution in [0, 0.1) is 5.92 Å². The minimum atomic E-state index is -0.679. The van der Waals surface area contributed by atoms with Crippen molar-refractivity contribution in [3.8, 4) is 0 Å². The molecule has 0 spiro atoms. The van der Waals surface area contributed by atoms with Gasteiger partial charge in [-0.25, -0.2) is 0 Å². The van der Waals surface area contributed by atoms with E-state index in [0.29, 0.717) is 18.3 Å². The second-order valence-corrected chi connectivity index (χ2v) is 4.96. The molecule has 1 N–H and O–H groups in total. The van der Waals surface area contributed by atoms with Crippen molar-refractivity contribution < 1.29 is 9.90 Å². The third kappa shape index (κ3) is 2.76. The Labute approximate surface area is 100 Å². The molecule has 0 aliphatic heterocycles. The molecule has 2 unspecified atom stereocenters. The van der Waals surface area contributed by atoms with Crippen LogP contribution < -0.4 is 0 Å². The van der Waals surface area contributed by atoms with E-state index in [1.807, 2.05) is 12.1 Å². The highest BCUT2D eigenvalue weighted by Crippen LogP contribution is 2.39. The number of carbonyl (C=O) groups is 1. The van der Waals surface area contributed by atoms with E-state index in [1.165, 1.54) is 5.56 Å². The van der Waals surface area contributed by atoms with Crippen molar-refractivity contribution in [3.63, 3.8) is 0 Å². The minimum absolute atomic E-state index is 0.310. The number of aliphatic carboxylic acids is 1. The van der Waals surface area contributed by atoms with E-state index in [2.05, 4.69) is 12.1 Å². The minimum Gasteiger partial charge on any atom is -0.481 e. The molecular weight excluding hydrogens is 224 g/mol. The Bertz CT molecular complexity index is 372. The fraction of sp³-hybridized carbons (Fsp3) is 0.462. The lowest BCUT2D eigenvalue weighted by Gasteiger charge is -2.10. The molecule has 1 fully saturated rings. The third-order valence-electron chi connectivity index (χ3n) is 3.35. The van der Waals surface area contributed by atoms with Gasteiger partial charge in [0.25, 0.3) is 0 Å². The van der Waals surface area contributed by atoms with Crippen LogP contribution in [0.5, 0.6) is 0 Å². The van der Waals surface area contributed by atoms with Crippen molar-refractivity contribution in [2.45, 2.75) is 31.6 Å². The molecule has 2 rings (SSSR count). The summed E-state index contributed by atoms with van der Waals surface area (Å²) in [5.41, 5.74) is 1.29. The van der Waals surface area contributed by atoms with Crippen molar-refractivity contribution in [2.75, 3.05) is 0 Å². The van der Waals surface area contributed by atoms with Gasteiger partial charge in [-0.1, -0.05) is 23.7 Å². The van der Waals surface area contributed by atoms with Gasteiger partial charge in [-0.3, -0.25) is 4.79 Å². The number of carboxylic acid groups (broad SMARTS) is 1. The molecule has 0 radical (unpaired) electrons. The SMILES string of the molecule is O=C(O)CC1CCC(c2ccc(Cl)cc2)C1. The first-order valence-electron chi connectivity index (χ1n) is 5.62. The van der Waals surface area contributed by atoms with Crippen LogP contribution in [0.2, 0.25) is 5.02 Å². The van der Waals surface area contributed by atoms with Crippen molar-refractivity contribution in [3.05, 3.63) is 34.9 Å². The van der Waals surface area contributed by atoms with Gasteiger partial charge in [-0.15, -0.1) is 0 Å². The molecule has 2 atom stereocenters. The molecule has 0 aromatic heterocycles. The van der Waals surface area contributed by atoms with Crippen LogP contribution in [0.1, 0.15) is 37.2 Å². The van der Waals surface area contributed by atoms with E-state index >= 15 is 0 Å². The molecule has 0 heterocycles. The number of carboxylic acids is 1. The number of hydrogen-bond donors (Lipinski definition) is 1. The third-order valence-corrected chi connectivity index (χ3v) is 3.60. The number of halogens is 1. The second kappa shape index (κ2) is 4.88. The van der Waals surface area contributed by atoms with Crippen LogP contribution in [-0.4, -0.2) is 11.1 Å². The van der Waals surface area contributed by atoms with Gasteiger partial charge in [0.05, 0.1) is 0 Å². The molecule has 1 saturated carbocycles. The molecule has 1 aromatic rings. The summed E-state index contributed by atoms with van der Waals surface area (Å²) in [6, 6.07) is 7.91. The van der Waals surface area contributed by atoms with Crippen LogP contribution in [0.15, 0.2) is 24.3 Å². The van der Waals surface area contributed by atoms with Crippen LogP contribution >= 0.6 is 11.6 Å². The van der Waals surface area contributed by atoms with Gasteiger partial charge in [0.15, 0.2) is 0 Å². The zero-order valence-electron chi connectivity index (χ0n) is 9.03. The number of rotatable bonds is 3. The maximum Gasteiger partial charge on any atom is 0.303 e. The van der Waals surface area contributed by atoms with Gasteiger partial charge >= 0.3 is 5.97 Å². The largest absolute Gasteiger partial charge is 0.481 e. The Morgan fingerprint density at radius 3 is 2.62 bits per heavy atom. The molecule has 0 saturated heterocycles. The molecule has 1 aliphatic rings. The van der Waals surface area contributed by atoms with Gasteiger partial charge in [-0.05, 0) is 48.8 Å². The molecule has 0 amide bonds. The molecule has 3 heteroatoms. The van der Waals surface area contributed by atoms with Crippen LogP contribution in [0.3, 0.4) is 0 Å². The Balaban J connectivity index is 1.98. The molecule has 1 aromatic carbocycles. The lowest BCUT2D eigenvalue weighted by atomic mass is 9.95. The maximum atomic E-state index is 10.6. The zero-order valence-corrected chi connectivity index (χ0v) is 9.78. The Morgan fingerprint density at radius 1 is 1.31 bits per heavy atom. The van der Waals surface area contributed by atoms with Crippen LogP contribution in [-0.2, 0) is 4.79 Å². The molecule has 0 bridgehead atoms. The van der Waals surface area contributed by atoms with Crippen molar-refractivity contribution in [1.29, 1.82) is 0 Å². The highest BCUT2D eigenvalue weighted by Gasteiger charge is 2.27. The topological polar surface area (TPSA) is 37.3 Å². The van der Waals surface area contributed by atoms with Gasteiger partial charge in [-0.2, -0.15) is 0 Å². The van der Waals surface area contributed by atoms with E-state index in [0.717, 1.165) is 24.3 Å². The summed E-state index contributed by atoms with van der Waals surface area (Å²) in [7, 11) is 0. The van der Waals surface area contributed by atoms with E-state index in [9.17, 15) is 4.79 Å². The van der Waals surface area contributed by atoms with Gasteiger partial charge < -0.3 is 5.11 Å². The van der Waals surface area contributed by atoms with Crippen LogP contribution in [0.25, 0.3) is 0 Å². The van der Waals surface area contributed by atoms with E-state index in [4.69, 9.17) is 16.7 Å². The van der Waals surface area contributed by atoms with E-state index in [1.54, 1.807) is 0 Å². The highest BCUT2D eigenvalue weighted by molar-refractivity contribution is 6.30. The number of benzene rings is 1. The molecule has 16 heavy (non-hydrogen) atoms. The molecular formula is C13H15ClO2. The van der Waals surface area contributed by atoms with Crippen molar-refractivity contribution >= 4 is 17.6 Å². The Morgan fingerprint density at radius 2 is 2.00 bits per heavy atom. The lowest BCUT2D eigenvalue weighted by molar-refractivity contribution is -0.138. The van der Waals surface area contributed by atoms with Crippen LogP contribution in [0.4, 0.5) is 0 Å². The second-order valence-electron chi connectivity index (χ2n) is 4.53. The van der Waals surface area contributed by atoms with Gasteiger partial charge in [0.1, 0.15) is 0 Å². The monoisotopic (exact) mass is 238 g/mol. The quantitative estimate of drug-likeness (QED) is 0.872. The van der Waals surface area contributed by atoms with Gasteiger partial charge in [0, 0.05) is 11.4 Å². The number of hydrogen-bond acceptors (Lipinski definition) is 1. The average Bonchev–Trinajstić information content (AvgIpc) is 2.66. The fourth-order valence-corrected chi connectivity index (χ4v) is 2.67. The predicted molar refractivity (Wildman–Crippen MR) is 63.8 cm³/mol. The Kier molecular flexibility index (Phi) is 3.49. The Hall–Kier alpha value is -1.02. The van der Waals surface area contributed by atoms with Crippen molar-refractivity contribution in [2.24, 2.45) is 5.92 Å². The normalized spacial score (nSPS) is 24.6. The maximum absolute atomic E-state index is 10.6. The fourth-order valence-electron chi connectivity index (χ4n) is 2.54. The predicted octanol–water partition coefficient (Wildman–Crippen LogP) is 3.70. The summed E-state index contributed by atoms with van der Waals surface area (Å²) in [4.78, 5) is 10.6. The van der Waals surface area contributed by atoms with E-state index in [-0.39, 0.29) is 0 Å². The zero-order chi connectivity index (χ0) is 11.5. The molecule has 1 aliphatic carbocycles. The van der Waals surface area contributed by atoms with E-state index < -0.39 is 5.97 Å². The summed E-state index contributed by atoms with van der Waals surface area (Å²) in [6.45, 7) is 0.